The number of aryl methyl sites for hydroxylation is 1. The molecule has 1 heterocycles. The molecular weight excluding hydrogens is 343 g/mol. The molecule has 0 radical (unpaired) electrons. The Balaban J connectivity index is 1.76. The van der Waals surface area contributed by atoms with Crippen LogP contribution in [-0.4, -0.2) is 24.2 Å². The molecule has 0 unspecified atom stereocenters. The lowest BCUT2D eigenvalue weighted by molar-refractivity contribution is -0.131. The molecule has 0 atom stereocenters. The summed E-state index contributed by atoms with van der Waals surface area (Å²) in [5.74, 6) is -1.51. The van der Waals surface area contributed by atoms with Crippen LogP contribution in [0, 0.1) is 5.82 Å². The molecule has 0 aliphatic carbocycles. The Morgan fingerprint density at radius 1 is 1.33 bits per heavy atom. The van der Waals surface area contributed by atoms with Gasteiger partial charge < -0.3 is 15.3 Å². The molecule has 2 aromatic carbocycles. The number of aliphatic carboxylic acids is 1. The van der Waals surface area contributed by atoms with Crippen LogP contribution in [0.15, 0.2) is 42.5 Å². The second-order valence-electron chi connectivity index (χ2n) is 6.78. The Bertz CT molecular complexity index is 848. The molecule has 27 heavy (non-hydrogen) atoms. The summed E-state index contributed by atoms with van der Waals surface area (Å²) in [4.78, 5) is 13.0. The van der Waals surface area contributed by atoms with Gasteiger partial charge in [-0.3, -0.25) is 0 Å². The van der Waals surface area contributed by atoms with Crippen molar-refractivity contribution >= 4 is 23.4 Å². The highest BCUT2D eigenvalue weighted by molar-refractivity contribution is 5.85. The van der Waals surface area contributed by atoms with Crippen molar-refractivity contribution in [3.05, 3.63) is 65.0 Å². The average molecular weight is 368 g/mol. The van der Waals surface area contributed by atoms with E-state index in [9.17, 15) is 9.18 Å². The van der Waals surface area contributed by atoms with Crippen molar-refractivity contribution in [2.24, 2.45) is 0 Å². The van der Waals surface area contributed by atoms with E-state index in [4.69, 9.17) is 5.11 Å². The standard InChI is InChI=1S/C22H25FN2O2/c1-2-12-25-13-4-6-18-5-3-7-20(22(18)25)24-15-16-8-9-17(19(23)14-16)10-11-21(26)27/h3,5,7-11,14,24H,2,4,6,12-13,15H2,1H3,(H,26,27)/b11-10+. The quantitative estimate of drug-likeness (QED) is 0.696. The summed E-state index contributed by atoms with van der Waals surface area (Å²) >= 11 is 0. The third-order valence-corrected chi connectivity index (χ3v) is 4.76. The van der Waals surface area contributed by atoms with Crippen LogP contribution in [0.3, 0.4) is 0 Å². The van der Waals surface area contributed by atoms with Crippen LogP contribution in [0.4, 0.5) is 15.8 Å². The lowest BCUT2D eigenvalue weighted by Gasteiger charge is -2.33. The first-order valence-corrected chi connectivity index (χ1v) is 9.38. The van der Waals surface area contributed by atoms with E-state index in [1.54, 1.807) is 6.07 Å². The van der Waals surface area contributed by atoms with Gasteiger partial charge in [0.2, 0.25) is 0 Å². The van der Waals surface area contributed by atoms with E-state index in [0.717, 1.165) is 43.3 Å². The summed E-state index contributed by atoms with van der Waals surface area (Å²) in [5, 5.41) is 12.1. The van der Waals surface area contributed by atoms with Crippen molar-refractivity contribution in [2.45, 2.75) is 32.7 Å². The zero-order valence-electron chi connectivity index (χ0n) is 15.5. The second-order valence-corrected chi connectivity index (χ2v) is 6.78. The van der Waals surface area contributed by atoms with Gasteiger partial charge in [0.25, 0.3) is 0 Å². The Labute approximate surface area is 159 Å². The monoisotopic (exact) mass is 368 g/mol. The number of para-hydroxylation sites is 1. The van der Waals surface area contributed by atoms with Gasteiger partial charge in [0.1, 0.15) is 5.82 Å². The minimum Gasteiger partial charge on any atom is -0.478 e. The van der Waals surface area contributed by atoms with E-state index >= 15 is 0 Å². The molecule has 5 heteroatoms. The average Bonchev–Trinajstić information content (AvgIpc) is 2.66. The van der Waals surface area contributed by atoms with Gasteiger partial charge in [0, 0.05) is 31.3 Å². The number of nitrogens with one attached hydrogen (secondary N) is 1. The summed E-state index contributed by atoms with van der Waals surface area (Å²) < 4.78 is 14.2. The first kappa shape index (κ1) is 19.0. The number of carboxylic acid groups (broad SMARTS) is 1. The first-order chi connectivity index (χ1) is 13.1. The Morgan fingerprint density at radius 2 is 2.19 bits per heavy atom. The SMILES string of the molecule is CCCN1CCCc2cccc(NCc3ccc(/C=C/C(=O)O)c(F)c3)c21. The molecule has 0 saturated heterocycles. The summed E-state index contributed by atoms with van der Waals surface area (Å²) in [5.41, 5.74) is 4.80. The molecule has 0 fully saturated rings. The minimum absolute atomic E-state index is 0.271. The highest BCUT2D eigenvalue weighted by Gasteiger charge is 2.19. The molecule has 142 valence electrons. The van der Waals surface area contributed by atoms with Gasteiger partial charge in [-0.15, -0.1) is 0 Å². The maximum Gasteiger partial charge on any atom is 0.328 e. The number of benzene rings is 2. The Morgan fingerprint density at radius 3 is 2.93 bits per heavy atom. The first-order valence-electron chi connectivity index (χ1n) is 9.38. The smallest absolute Gasteiger partial charge is 0.328 e. The van der Waals surface area contributed by atoms with E-state index in [1.165, 1.54) is 29.8 Å². The number of anilines is 2. The topological polar surface area (TPSA) is 52.6 Å². The van der Waals surface area contributed by atoms with Gasteiger partial charge in [-0.25, -0.2) is 9.18 Å². The van der Waals surface area contributed by atoms with E-state index in [2.05, 4.69) is 35.3 Å². The van der Waals surface area contributed by atoms with Gasteiger partial charge in [-0.2, -0.15) is 0 Å². The second kappa shape index (κ2) is 8.71. The number of halogens is 1. The Kier molecular flexibility index (Phi) is 6.12. The van der Waals surface area contributed by atoms with Crippen molar-refractivity contribution in [3.63, 3.8) is 0 Å². The van der Waals surface area contributed by atoms with Crippen molar-refractivity contribution in [1.82, 2.24) is 0 Å². The molecule has 2 N–H and O–H groups in total. The normalized spacial score (nSPS) is 13.6. The van der Waals surface area contributed by atoms with Crippen LogP contribution in [0.2, 0.25) is 0 Å². The van der Waals surface area contributed by atoms with Crippen LogP contribution < -0.4 is 10.2 Å². The number of nitrogens with zero attached hydrogens (tertiary/aromatic N) is 1. The molecule has 0 saturated carbocycles. The van der Waals surface area contributed by atoms with E-state index in [-0.39, 0.29) is 5.56 Å². The Hall–Kier alpha value is -2.82. The molecule has 1 aliphatic rings. The largest absolute Gasteiger partial charge is 0.478 e. The third-order valence-electron chi connectivity index (χ3n) is 4.76. The summed E-state index contributed by atoms with van der Waals surface area (Å²) in [6, 6.07) is 11.2. The molecule has 3 rings (SSSR count). The maximum absolute atomic E-state index is 14.2. The lowest BCUT2D eigenvalue weighted by Crippen LogP contribution is -2.30. The lowest BCUT2D eigenvalue weighted by atomic mass is 10.00. The maximum atomic E-state index is 14.2. The summed E-state index contributed by atoms with van der Waals surface area (Å²) in [7, 11) is 0. The van der Waals surface area contributed by atoms with Crippen molar-refractivity contribution in [1.29, 1.82) is 0 Å². The summed E-state index contributed by atoms with van der Waals surface area (Å²) in [6.45, 7) is 4.80. The third kappa shape index (κ3) is 4.67. The van der Waals surface area contributed by atoms with Gasteiger partial charge in [-0.1, -0.05) is 31.2 Å². The van der Waals surface area contributed by atoms with Crippen LogP contribution in [0.25, 0.3) is 6.08 Å². The fourth-order valence-corrected chi connectivity index (χ4v) is 3.55. The van der Waals surface area contributed by atoms with E-state index in [0.29, 0.717) is 6.54 Å². The van der Waals surface area contributed by atoms with Crippen molar-refractivity contribution in [2.75, 3.05) is 23.3 Å². The number of fused-ring (bicyclic) bond motifs is 1. The molecule has 4 nitrogen and oxygen atoms in total. The van der Waals surface area contributed by atoms with Gasteiger partial charge >= 0.3 is 5.97 Å². The molecule has 0 aromatic heterocycles. The van der Waals surface area contributed by atoms with Gasteiger partial charge in [-0.05, 0) is 48.6 Å². The highest BCUT2D eigenvalue weighted by atomic mass is 19.1. The predicted octanol–water partition coefficient (Wildman–Crippen LogP) is 4.70. The number of hydrogen-bond donors (Lipinski definition) is 2. The van der Waals surface area contributed by atoms with Crippen LogP contribution in [0.5, 0.6) is 0 Å². The van der Waals surface area contributed by atoms with Gasteiger partial charge in [0.15, 0.2) is 0 Å². The molecule has 0 spiro atoms. The number of carboxylic acids is 1. The fourth-order valence-electron chi connectivity index (χ4n) is 3.55. The number of rotatable bonds is 7. The molecule has 1 aliphatic heterocycles. The number of hydrogen-bond acceptors (Lipinski definition) is 3. The summed E-state index contributed by atoms with van der Waals surface area (Å²) in [6.07, 6.45) is 5.57. The number of carbonyl (C=O) groups is 1. The minimum atomic E-state index is -1.09. The molecule has 0 amide bonds. The molecule has 2 aromatic rings. The zero-order chi connectivity index (χ0) is 19.2. The predicted molar refractivity (Wildman–Crippen MR) is 108 cm³/mol. The van der Waals surface area contributed by atoms with E-state index < -0.39 is 11.8 Å². The van der Waals surface area contributed by atoms with Crippen LogP contribution in [0.1, 0.15) is 36.5 Å². The van der Waals surface area contributed by atoms with Crippen molar-refractivity contribution < 1.29 is 14.3 Å². The zero-order valence-corrected chi connectivity index (χ0v) is 15.5. The van der Waals surface area contributed by atoms with Crippen LogP contribution >= 0.6 is 0 Å². The van der Waals surface area contributed by atoms with Gasteiger partial charge in [0.05, 0.1) is 11.4 Å². The van der Waals surface area contributed by atoms with Crippen LogP contribution in [-0.2, 0) is 17.8 Å². The highest BCUT2D eigenvalue weighted by Crippen LogP contribution is 2.35. The van der Waals surface area contributed by atoms with E-state index in [1.807, 2.05) is 6.07 Å². The molecule has 0 bridgehead atoms. The van der Waals surface area contributed by atoms with Crippen molar-refractivity contribution in [3.8, 4) is 0 Å². The fraction of sp³-hybridized carbons (Fsp3) is 0.318. The molecular formula is C22H25FN2O2.